The third-order valence-electron chi connectivity index (χ3n) is 11.0. The van der Waals surface area contributed by atoms with Crippen LogP contribution in [0.4, 0.5) is 0 Å². The first kappa shape index (κ1) is 29.7. The fraction of sp³-hybridized carbons (Fsp3) is 0. The maximum atomic E-state index is 5.07. The second-order valence-corrected chi connectivity index (χ2v) is 13.9. The molecule has 0 bridgehead atoms. The van der Waals surface area contributed by atoms with Crippen molar-refractivity contribution in [3.8, 4) is 39.3 Å². The van der Waals surface area contributed by atoms with Gasteiger partial charge in [-0.2, -0.15) is 0 Å². The standard InChI is InChI=1S/C51H32N2/c1-2-14-34(15-3-1)51-52-47-24-12-13-25-48(47)53(51)36-29-26-33(27-30-36)49-42-20-8-10-22-44(42)50(45-23-11-9-21-43(45)49)35-28-31-41-39-18-5-4-16-37(39)38-17-6-7-19-40(38)46(41)32-35/h1-32H. The van der Waals surface area contributed by atoms with Crippen molar-refractivity contribution in [1.29, 1.82) is 0 Å². The van der Waals surface area contributed by atoms with Gasteiger partial charge in [0.15, 0.2) is 0 Å². The van der Waals surface area contributed by atoms with Crippen molar-refractivity contribution in [3.05, 3.63) is 194 Å². The molecule has 10 aromatic carbocycles. The summed E-state index contributed by atoms with van der Waals surface area (Å²) >= 11 is 0. The number of hydrogen-bond donors (Lipinski definition) is 0. The highest BCUT2D eigenvalue weighted by atomic mass is 15.1. The van der Waals surface area contributed by atoms with Crippen molar-refractivity contribution in [2.75, 3.05) is 0 Å². The van der Waals surface area contributed by atoms with Crippen molar-refractivity contribution in [2.45, 2.75) is 0 Å². The van der Waals surface area contributed by atoms with E-state index < -0.39 is 0 Å². The Morgan fingerprint density at radius 1 is 0.302 bits per heavy atom. The highest BCUT2D eigenvalue weighted by Crippen LogP contribution is 2.45. The number of fused-ring (bicyclic) bond motifs is 9. The molecule has 0 aliphatic carbocycles. The number of imidazole rings is 1. The molecule has 2 nitrogen and oxygen atoms in total. The minimum Gasteiger partial charge on any atom is -0.292 e. The van der Waals surface area contributed by atoms with Crippen LogP contribution in [0.15, 0.2) is 194 Å². The predicted molar refractivity (Wildman–Crippen MR) is 225 cm³/mol. The average molecular weight is 673 g/mol. The first-order chi connectivity index (χ1) is 26.3. The highest BCUT2D eigenvalue weighted by molar-refractivity contribution is 6.27. The molecule has 0 radical (unpaired) electrons. The Balaban J connectivity index is 1.13. The summed E-state index contributed by atoms with van der Waals surface area (Å²) in [7, 11) is 0. The summed E-state index contributed by atoms with van der Waals surface area (Å²) < 4.78 is 2.28. The molecule has 0 atom stereocenters. The third kappa shape index (κ3) is 4.56. The Labute approximate surface area is 306 Å². The lowest BCUT2D eigenvalue weighted by Crippen LogP contribution is -1.98. The van der Waals surface area contributed by atoms with E-state index in [0.29, 0.717) is 0 Å². The fourth-order valence-electron chi connectivity index (χ4n) is 8.66. The molecule has 0 saturated carbocycles. The molecule has 0 amide bonds. The SMILES string of the molecule is c1ccc(-c2nc3ccccc3n2-c2ccc(-c3c4ccccc4c(-c4ccc5c6ccccc6c6ccccc6c5c4)c4ccccc34)cc2)cc1. The van der Waals surface area contributed by atoms with Gasteiger partial charge in [-0.3, -0.25) is 4.57 Å². The number of benzene rings is 10. The van der Waals surface area contributed by atoms with Crippen molar-refractivity contribution >= 4 is 64.9 Å². The van der Waals surface area contributed by atoms with Gasteiger partial charge in [-0.1, -0.05) is 164 Å². The average Bonchev–Trinajstić information content (AvgIpc) is 3.63. The smallest absolute Gasteiger partial charge is 0.145 e. The first-order valence-corrected chi connectivity index (χ1v) is 18.2. The summed E-state index contributed by atoms with van der Waals surface area (Å²) in [6, 6.07) is 70.4. The van der Waals surface area contributed by atoms with Gasteiger partial charge in [0.1, 0.15) is 5.82 Å². The zero-order chi connectivity index (χ0) is 34.9. The Hall–Kier alpha value is -7.03. The van der Waals surface area contributed by atoms with Gasteiger partial charge in [0.25, 0.3) is 0 Å². The second kappa shape index (κ2) is 11.8. The molecule has 0 unspecified atom stereocenters. The molecule has 0 aliphatic heterocycles. The third-order valence-corrected chi connectivity index (χ3v) is 11.0. The van der Waals surface area contributed by atoms with Crippen LogP contribution < -0.4 is 0 Å². The monoisotopic (exact) mass is 672 g/mol. The Morgan fingerprint density at radius 3 is 1.32 bits per heavy atom. The van der Waals surface area contributed by atoms with Gasteiger partial charge >= 0.3 is 0 Å². The van der Waals surface area contributed by atoms with Gasteiger partial charge in [0.05, 0.1) is 11.0 Å². The van der Waals surface area contributed by atoms with Crippen LogP contribution in [0.5, 0.6) is 0 Å². The molecule has 246 valence electrons. The van der Waals surface area contributed by atoms with E-state index >= 15 is 0 Å². The van der Waals surface area contributed by atoms with Crippen molar-refractivity contribution in [1.82, 2.24) is 9.55 Å². The van der Waals surface area contributed by atoms with Gasteiger partial charge < -0.3 is 0 Å². The van der Waals surface area contributed by atoms with E-state index in [1.807, 2.05) is 0 Å². The topological polar surface area (TPSA) is 17.8 Å². The molecule has 11 rings (SSSR count). The number of hydrogen-bond acceptors (Lipinski definition) is 1. The van der Waals surface area contributed by atoms with E-state index in [2.05, 4.69) is 199 Å². The van der Waals surface area contributed by atoms with Crippen molar-refractivity contribution in [3.63, 3.8) is 0 Å². The summed E-state index contributed by atoms with van der Waals surface area (Å²) in [5, 5.41) is 12.7. The molecule has 53 heavy (non-hydrogen) atoms. The van der Waals surface area contributed by atoms with Crippen LogP contribution in [0, 0.1) is 0 Å². The van der Waals surface area contributed by atoms with Crippen molar-refractivity contribution in [2.24, 2.45) is 0 Å². The fourth-order valence-corrected chi connectivity index (χ4v) is 8.66. The molecule has 0 fully saturated rings. The molecule has 1 heterocycles. The first-order valence-electron chi connectivity index (χ1n) is 18.2. The Morgan fingerprint density at radius 2 is 0.736 bits per heavy atom. The summed E-state index contributed by atoms with van der Waals surface area (Å²) in [4.78, 5) is 5.07. The zero-order valence-electron chi connectivity index (χ0n) is 28.9. The molecule has 0 saturated heterocycles. The summed E-state index contributed by atoms with van der Waals surface area (Å²) in [5.74, 6) is 0.941. The lowest BCUT2D eigenvalue weighted by atomic mass is 9.85. The van der Waals surface area contributed by atoms with E-state index in [1.54, 1.807) is 0 Å². The number of nitrogens with zero attached hydrogens (tertiary/aromatic N) is 2. The van der Waals surface area contributed by atoms with Crippen LogP contribution in [-0.2, 0) is 0 Å². The highest BCUT2D eigenvalue weighted by Gasteiger charge is 2.19. The molecule has 2 heteroatoms. The van der Waals surface area contributed by atoms with Crippen LogP contribution >= 0.6 is 0 Å². The zero-order valence-corrected chi connectivity index (χ0v) is 28.9. The molecule has 1 aromatic heterocycles. The van der Waals surface area contributed by atoms with Crippen LogP contribution in [0.2, 0.25) is 0 Å². The summed E-state index contributed by atoms with van der Waals surface area (Å²) in [5.41, 5.74) is 9.20. The van der Waals surface area contributed by atoms with Gasteiger partial charge in [-0.05, 0) is 106 Å². The molecule has 0 spiro atoms. The molecular formula is C51H32N2. The number of aromatic nitrogens is 2. The van der Waals surface area contributed by atoms with Gasteiger partial charge in [-0.15, -0.1) is 0 Å². The molecule has 0 N–H and O–H groups in total. The molecule has 11 aromatic rings. The van der Waals surface area contributed by atoms with Crippen LogP contribution in [0.3, 0.4) is 0 Å². The Kier molecular flexibility index (Phi) is 6.59. The Bertz CT molecular complexity index is 3120. The van der Waals surface area contributed by atoms with Crippen LogP contribution in [-0.4, -0.2) is 9.55 Å². The number of para-hydroxylation sites is 2. The van der Waals surface area contributed by atoms with Crippen LogP contribution in [0.25, 0.3) is 104 Å². The van der Waals surface area contributed by atoms with E-state index in [4.69, 9.17) is 4.98 Å². The van der Waals surface area contributed by atoms with Gasteiger partial charge in [0, 0.05) is 11.3 Å². The van der Waals surface area contributed by atoms with E-state index in [1.165, 1.54) is 76.1 Å². The molecule has 0 aliphatic rings. The molecular weight excluding hydrogens is 641 g/mol. The lowest BCUT2D eigenvalue weighted by Gasteiger charge is -2.19. The van der Waals surface area contributed by atoms with E-state index in [0.717, 1.165) is 28.1 Å². The van der Waals surface area contributed by atoms with Gasteiger partial charge in [0.2, 0.25) is 0 Å². The minimum atomic E-state index is 0.941. The quantitative estimate of drug-likeness (QED) is 0.134. The normalized spacial score (nSPS) is 11.8. The van der Waals surface area contributed by atoms with Crippen LogP contribution in [0.1, 0.15) is 0 Å². The summed E-state index contributed by atoms with van der Waals surface area (Å²) in [6.07, 6.45) is 0. The van der Waals surface area contributed by atoms with Gasteiger partial charge in [-0.25, -0.2) is 4.98 Å². The maximum absolute atomic E-state index is 5.07. The van der Waals surface area contributed by atoms with Crippen molar-refractivity contribution < 1.29 is 0 Å². The predicted octanol–water partition coefficient (Wildman–Crippen LogP) is 13.8. The summed E-state index contributed by atoms with van der Waals surface area (Å²) in [6.45, 7) is 0. The maximum Gasteiger partial charge on any atom is 0.145 e. The lowest BCUT2D eigenvalue weighted by molar-refractivity contribution is 1.10. The minimum absolute atomic E-state index is 0.941. The number of rotatable bonds is 4. The largest absolute Gasteiger partial charge is 0.292 e. The van der Waals surface area contributed by atoms with E-state index in [9.17, 15) is 0 Å². The second-order valence-electron chi connectivity index (χ2n) is 13.9. The van der Waals surface area contributed by atoms with E-state index in [-0.39, 0.29) is 0 Å².